The molecular weight excluding hydrogens is 276 g/mol. The minimum atomic E-state index is 0.00734. The molecule has 0 radical (unpaired) electrons. The molecule has 0 fully saturated rings. The molecule has 0 saturated heterocycles. The van der Waals surface area contributed by atoms with Crippen LogP contribution in [0, 0.1) is 0 Å². The first kappa shape index (κ1) is 12.6. The molecule has 4 nitrogen and oxygen atoms in total. The number of phenolic OH excluding ortho intramolecular Hbond substituents is 1. The quantitative estimate of drug-likeness (QED) is 0.555. The van der Waals surface area contributed by atoms with E-state index >= 15 is 0 Å². The van der Waals surface area contributed by atoms with E-state index in [0.717, 1.165) is 11.0 Å². The number of rotatable bonds is 2. The lowest BCUT2D eigenvalue weighted by Gasteiger charge is -1.99. The second-order valence-corrected chi connectivity index (χ2v) is 4.69. The largest absolute Gasteiger partial charge is 0.506 e. The standard InChI is InChI=1S/C15H11ClN2O2/c16-11-8-10(5-6-12(11)19)18-15(17)14-7-9-3-1-2-4-13(9)20-14/h1-8,19H,(H2,17,18). The van der Waals surface area contributed by atoms with E-state index in [4.69, 9.17) is 21.8 Å². The summed E-state index contributed by atoms with van der Waals surface area (Å²) in [5.41, 5.74) is 7.23. The van der Waals surface area contributed by atoms with E-state index < -0.39 is 0 Å². The number of para-hydroxylation sites is 1. The van der Waals surface area contributed by atoms with Gasteiger partial charge < -0.3 is 15.3 Å². The number of nitrogens with two attached hydrogens (primary N) is 1. The van der Waals surface area contributed by atoms with Gasteiger partial charge in [-0.2, -0.15) is 0 Å². The molecule has 0 aliphatic carbocycles. The summed E-state index contributed by atoms with van der Waals surface area (Å²) in [6, 6.07) is 14.1. The SMILES string of the molecule is NC(=Nc1ccc(O)c(Cl)c1)c1cc2ccccc2o1. The normalized spacial score (nSPS) is 11.9. The maximum absolute atomic E-state index is 9.36. The first-order valence-corrected chi connectivity index (χ1v) is 6.33. The van der Waals surface area contributed by atoms with Crippen LogP contribution in [-0.4, -0.2) is 10.9 Å². The minimum absolute atomic E-state index is 0.00734. The molecule has 0 saturated carbocycles. The number of amidine groups is 1. The number of benzene rings is 2. The molecular formula is C15H11ClN2O2. The van der Waals surface area contributed by atoms with E-state index in [2.05, 4.69) is 4.99 Å². The zero-order chi connectivity index (χ0) is 14.1. The number of halogens is 1. The number of phenols is 1. The van der Waals surface area contributed by atoms with Gasteiger partial charge in [0.05, 0.1) is 10.7 Å². The van der Waals surface area contributed by atoms with E-state index in [0.29, 0.717) is 11.4 Å². The third-order valence-corrected chi connectivity index (χ3v) is 3.16. The van der Waals surface area contributed by atoms with Gasteiger partial charge in [-0.3, -0.25) is 0 Å². The van der Waals surface area contributed by atoms with Crippen LogP contribution in [0.4, 0.5) is 5.69 Å². The van der Waals surface area contributed by atoms with Crippen molar-refractivity contribution in [2.45, 2.75) is 0 Å². The van der Waals surface area contributed by atoms with Crippen LogP contribution >= 0.6 is 11.6 Å². The third-order valence-electron chi connectivity index (χ3n) is 2.86. The minimum Gasteiger partial charge on any atom is -0.506 e. The molecule has 0 unspecified atom stereocenters. The molecule has 100 valence electrons. The van der Waals surface area contributed by atoms with Crippen LogP contribution in [0.1, 0.15) is 5.76 Å². The van der Waals surface area contributed by atoms with Gasteiger partial charge in [0.1, 0.15) is 11.3 Å². The lowest BCUT2D eigenvalue weighted by atomic mass is 10.2. The predicted octanol–water partition coefficient (Wildman–Crippen LogP) is 3.83. The van der Waals surface area contributed by atoms with Crippen LogP contribution in [0.5, 0.6) is 5.75 Å². The van der Waals surface area contributed by atoms with Gasteiger partial charge in [0.25, 0.3) is 0 Å². The van der Waals surface area contributed by atoms with Gasteiger partial charge >= 0.3 is 0 Å². The average molecular weight is 287 g/mol. The number of aliphatic imine (C=N–C) groups is 1. The van der Waals surface area contributed by atoms with Gasteiger partial charge in [-0.1, -0.05) is 29.8 Å². The van der Waals surface area contributed by atoms with Gasteiger partial charge in [-0.25, -0.2) is 4.99 Å². The topological polar surface area (TPSA) is 71.8 Å². The molecule has 1 aromatic heterocycles. The highest BCUT2D eigenvalue weighted by atomic mass is 35.5. The summed E-state index contributed by atoms with van der Waals surface area (Å²) in [6.07, 6.45) is 0. The van der Waals surface area contributed by atoms with Crippen molar-refractivity contribution >= 4 is 34.1 Å². The molecule has 0 spiro atoms. The summed E-state index contributed by atoms with van der Waals surface area (Å²) in [4.78, 5) is 4.23. The molecule has 0 bridgehead atoms. The highest BCUT2D eigenvalue weighted by Crippen LogP contribution is 2.28. The second-order valence-electron chi connectivity index (χ2n) is 4.28. The zero-order valence-corrected chi connectivity index (χ0v) is 11.1. The highest BCUT2D eigenvalue weighted by molar-refractivity contribution is 6.32. The van der Waals surface area contributed by atoms with Crippen LogP contribution in [-0.2, 0) is 0 Å². The molecule has 3 rings (SSSR count). The van der Waals surface area contributed by atoms with Crippen LogP contribution in [0.15, 0.2) is 57.9 Å². The zero-order valence-electron chi connectivity index (χ0n) is 10.4. The molecule has 1 heterocycles. The van der Waals surface area contributed by atoms with Gasteiger partial charge in [-0.05, 0) is 30.3 Å². The van der Waals surface area contributed by atoms with Crippen LogP contribution < -0.4 is 5.73 Å². The van der Waals surface area contributed by atoms with Crippen molar-refractivity contribution in [3.63, 3.8) is 0 Å². The van der Waals surface area contributed by atoms with Gasteiger partial charge in [0.15, 0.2) is 11.6 Å². The van der Waals surface area contributed by atoms with Gasteiger partial charge in [0.2, 0.25) is 0 Å². The lowest BCUT2D eigenvalue weighted by Crippen LogP contribution is -2.11. The second kappa shape index (κ2) is 4.90. The van der Waals surface area contributed by atoms with E-state index in [-0.39, 0.29) is 16.6 Å². The third kappa shape index (κ3) is 2.33. The molecule has 0 aliphatic rings. The summed E-state index contributed by atoms with van der Waals surface area (Å²) in [5, 5.41) is 10.5. The monoisotopic (exact) mass is 286 g/mol. The first-order chi connectivity index (χ1) is 9.63. The Bertz CT molecular complexity index is 775. The van der Waals surface area contributed by atoms with Crippen LogP contribution in [0.3, 0.4) is 0 Å². The number of fused-ring (bicyclic) bond motifs is 1. The van der Waals surface area contributed by atoms with Gasteiger partial charge in [-0.15, -0.1) is 0 Å². The Morgan fingerprint density at radius 3 is 2.70 bits per heavy atom. The Kier molecular flexibility index (Phi) is 3.08. The van der Waals surface area contributed by atoms with E-state index in [9.17, 15) is 5.11 Å². The highest BCUT2D eigenvalue weighted by Gasteiger charge is 2.07. The summed E-state index contributed by atoms with van der Waals surface area (Å²) in [6.45, 7) is 0. The Morgan fingerprint density at radius 1 is 1.15 bits per heavy atom. The van der Waals surface area contributed by atoms with Gasteiger partial charge in [0, 0.05) is 5.39 Å². The number of furan rings is 1. The smallest absolute Gasteiger partial charge is 0.170 e. The first-order valence-electron chi connectivity index (χ1n) is 5.95. The summed E-state index contributed by atoms with van der Waals surface area (Å²) in [7, 11) is 0. The molecule has 0 amide bonds. The van der Waals surface area contributed by atoms with E-state index in [1.165, 1.54) is 12.1 Å². The fourth-order valence-electron chi connectivity index (χ4n) is 1.87. The van der Waals surface area contributed by atoms with Crippen molar-refractivity contribution in [3.05, 3.63) is 59.3 Å². The Morgan fingerprint density at radius 2 is 1.95 bits per heavy atom. The predicted molar refractivity (Wildman–Crippen MR) is 79.7 cm³/mol. The van der Waals surface area contributed by atoms with E-state index in [1.54, 1.807) is 6.07 Å². The summed E-state index contributed by atoms with van der Waals surface area (Å²) < 4.78 is 5.62. The fourth-order valence-corrected chi connectivity index (χ4v) is 2.04. The van der Waals surface area contributed by atoms with Crippen LogP contribution in [0.2, 0.25) is 5.02 Å². The number of nitrogens with zero attached hydrogens (tertiary/aromatic N) is 1. The molecule has 20 heavy (non-hydrogen) atoms. The van der Waals surface area contributed by atoms with Crippen molar-refractivity contribution < 1.29 is 9.52 Å². The molecule has 2 aromatic carbocycles. The molecule has 3 N–H and O–H groups in total. The summed E-state index contributed by atoms with van der Waals surface area (Å²) in [5.74, 6) is 0.756. The van der Waals surface area contributed by atoms with Crippen molar-refractivity contribution in [1.82, 2.24) is 0 Å². The Balaban J connectivity index is 2.00. The number of hydrogen-bond donors (Lipinski definition) is 2. The summed E-state index contributed by atoms with van der Waals surface area (Å²) >= 11 is 5.82. The van der Waals surface area contributed by atoms with Crippen LogP contribution in [0.25, 0.3) is 11.0 Å². The number of hydrogen-bond acceptors (Lipinski definition) is 3. The van der Waals surface area contributed by atoms with Crippen molar-refractivity contribution in [2.75, 3.05) is 0 Å². The maximum Gasteiger partial charge on any atom is 0.170 e. The number of aromatic hydroxyl groups is 1. The fraction of sp³-hybridized carbons (Fsp3) is 0. The molecule has 0 aliphatic heterocycles. The Labute approximate surface area is 120 Å². The molecule has 3 aromatic rings. The lowest BCUT2D eigenvalue weighted by molar-refractivity contribution is 0.475. The van der Waals surface area contributed by atoms with Crippen molar-refractivity contribution in [3.8, 4) is 5.75 Å². The molecule has 5 heteroatoms. The Hall–Kier alpha value is -2.46. The van der Waals surface area contributed by atoms with E-state index in [1.807, 2.05) is 30.3 Å². The average Bonchev–Trinajstić information content (AvgIpc) is 2.87. The molecule has 0 atom stereocenters. The maximum atomic E-state index is 9.36. The van der Waals surface area contributed by atoms with Crippen molar-refractivity contribution in [1.29, 1.82) is 0 Å². The van der Waals surface area contributed by atoms with Crippen molar-refractivity contribution in [2.24, 2.45) is 10.7 Å².